The molecule has 0 fully saturated rings. The number of nitrogens with zero attached hydrogens (tertiary/aromatic N) is 1. The van der Waals surface area contributed by atoms with E-state index in [0.717, 1.165) is 0 Å². The van der Waals surface area contributed by atoms with E-state index in [1.54, 1.807) is 0 Å². The molecule has 0 aromatic carbocycles. The van der Waals surface area contributed by atoms with Gasteiger partial charge < -0.3 is 42.7 Å². The molecule has 10 N–H and O–H groups in total. The van der Waals surface area contributed by atoms with Gasteiger partial charge in [-0.25, -0.2) is 0 Å². The van der Waals surface area contributed by atoms with E-state index in [9.17, 15) is 0 Å². The summed E-state index contributed by atoms with van der Waals surface area (Å²) in [7, 11) is 0. The van der Waals surface area contributed by atoms with Crippen LogP contribution in [0.4, 0.5) is 0 Å². The van der Waals surface area contributed by atoms with Crippen molar-refractivity contribution in [2.75, 3.05) is 0 Å². The third kappa shape index (κ3) is 1450. The first-order valence-corrected chi connectivity index (χ1v) is 0.548. The van der Waals surface area contributed by atoms with Crippen LogP contribution in [0, 0.1) is 64.7 Å². The van der Waals surface area contributed by atoms with E-state index < -0.39 is 5.09 Å². The Morgan fingerprint density at radius 1 is 0.800 bits per heavy atom. The number of hydrogen-bond donors (Lipinski definition) is 0. The molecule has 71 valence electrons. The Balaban J connectivity index is -0.00000000300. The van der Waals surface area contributed by atoms with E-state index in [-0.39, 0.29) is 76.8 Å². The Morgan fingerprint density at radius 3 is 0.800 bits per heavy atom. The zero-order valence-electron chi connectivity index (χ0n) is 4.55. The van der Waals surface area contributed by atoms with Gasteiger partial charge in [0.2, 0.25) is 0 Å². The maximum Gasteiger partial charge on any atom is 0.0689 e. The van der Waals surface area contributed by atoms with Gasteiger partial charge in [-0.05, 0) is 0 Å². The smallest absolute Gasteiger partial charge is 0.0689 e. The summed E-state index contributed by atoms with van der Waals surface area (Å²) in [5, 5.41) is 14.8. The Hall–Kier alpha value is 0.584. The molecule has 0 aromatic heterocycles. The molecule has 0 aliphatic carbocycles. The molecule has 10 heavy (non-hydrogen) atoms. The molecule has 0 saturated carbocycles. The van der Waals surface area contributed by atoms with Crippen molar-refractivity contribution >= 4 is 0 Å². The number of hydrogen-bond acceptors (Lipinski definition) is 3. The second-order valence-corrected chi connectivity index (χ2v) is 0.224. The van der Waals surface area contributed by atoms with Gasteiger partial charge in [0.15, 0.2) is 0 Å². The van der Waals surface area contributed by atoms with Crippen LogP contribution in [-0.4, -0.2) is 32.5 Å². The van der Waals surface area contributed by atoms with Gasteiger partial charge in [-0.3, -0.25) is 0 Å². The molecule has 0 amide bonds. The number of rotatable bonds is 0. The van der Waals surface area contributed by atoms with Crippen molar-refractivity contribution in [2.24, 2.45) is 0 Å². The quantitative estimate of drug-likeness (QED) is 0.319. The molecule has 0 aromatic rings. The Bertz CT molecular complexity index is 32.2. The minimum absolute atomic E-state index is 0. The van der Waals surface area contributed by atoms with E-state index in [1.165, 1.54) is 0 Å². The van der Waals surface area contributed by atoms with Crippen molar-refractivity contribution in [2.45, 2.75) is 0 Å². The summed E-state index contributed by atoms with van der Waals surface area (Å²) in [5.74, 6) is 0. The van der Waals surface area contributed by atoms with E-state index in [1.807, 2.05) is 0 Å². The zero-order chi connectivity index (χ0) is 3.58. The topological polar surface area (TPSA) is 224 Å². The van der Waals surface area contributed by atoms with Crippen LogP contribution in [0.5, 0.6) is 0 Å². The van der Waals surface area contributed by atoms with Gasteiger partial charge in [0.05, 0.1) is 5.09 Å². The summed E-state index contributed by atoms with van der Waals surface area (Å²) in [6, 6.07) is 0. The predicted molar refractivity (Wildman–Crippen MR) is 28.4 cm³/mol. The average Bonchev–Trinajstić information content (AvgIpc) is 0.811. The normalized spacial score (nSPS) is 2.40. The van der Waals surface area contributed by atoms with Gasteiger partial charge in [-0.15, -0.1) is 0 Å². The first-order chi connectivity index (χ1) is 1.73. The van der Waals surface area contributed by atoms with Gasteiger partial charge in [-0.1, -0.05) is 0 Å². The third-order valence-corrected chi connectivity index (χ3v) is 0. The Kier molecular flexibility index (Phi) is 416. The van der Waals surface area contributed by atoms with Gasteiger partial charge in [-0.2, -0.15) is 0 Å². The first kappa shape index (κ1) is 75.7. The summed E-state index contributed by atoms with van der Waals surface area (Å²) < 4.78 is 0. The van der Waals surface area contributed by atoms with Crippen molar-refractivity contribution in [3.05, 3.63) is 15.3 Å². The van der Waals surface area contributed by atoms with Crippen molar-refractivity contribution in [1.82, 2.24) is 0 Å². The van der Waals surface area contributed by atoms with Gasteiger partial charge >= 0.3 is 0 Å². The van der Waals surface area contributed by atoms with Crippen LogP contribution in [0.15, 0.2) is 0 Å². The van der Waals surface area contributed by atoms with Gasteiger partial charge in [0.1, 0.15) is 0 Å². The zero-order valence-corrected chi connectivity index (χ0v) is 6.98. The fraction of sp³-hybridized carbons (Fsp3) is 0. The molecule has 10 heteroatoms. The van der Waals surface area contributed by atoms with Crippen molar-refractivity contribution < 1.29 is 81.8 Å². The Labute approximate surface area is 96.2 Å². The molecule has 0 heterocycles. The first-order valence-electron chi connectivity index (χ1n) is 0.548. The average molecular weight is 304 g/mol. The Morgan fingerprint density at radius 2 is 0.800 bits per heavy atom. The van der Waals surface area contributed by atoms with E-state index in [2.05, 4.69) is 0 Å². The van der Waals surface area contributed by atoms with E-state index in [0.29, 0.717) is 0 Å². The van der Waals surface area contributed by atoms with Crippen molar-refractivity contribution in [1.29, 1.82) is 0 Å². The molecule has 1 radical (unpaired) electrons. The van der Waals surface area contributed by atoms with Crippen LogP contribution in [0.2, 0.25) is 0 Å². The van der Waals surface area contributed by atoms with Crippen LogP contribution in [0.3, 0.4) is 0 Å². The summed E-state index contributed by atoms with van der Waals surface area (Å²) in [6.45, 7) is 0. The van der Waals surface area contributed by atoms with Crippen LogP contribution in [-0.2, 0) is 0 Å². The summed E-state index contributed by atoms with van der Waals surface area (Å²) in [4.78, 5) is 8.25. The molecule has 0 aliphatic heterocycles. The van der Waals surface area contributed by atoms with E-state index >= 15 is 0 Å². The third-order valence-electron chi connectivity index (χ3n) is 0. The second kappa shape index (κ2) is 55.0. The molecule has 9 nitrogen and oxygen atoms in total. The minimum atomic E-state index is -1.75. The van der Waals surface area contributed by atoms with Gasteiger partial charge in [0.25, 0.3) is 0 Å². The largest absolute Gasteiger partial charge is 0.412 e. The van der Waals surface area contributed by atoms with Crippen LogP contribution < -0.4 is 0 Å². The fourth-order valence-electron chi connectivity index (χ4n) is 0. The predicted octanol–water partition coefficient (Wildman–Crippen LogP) is -4.36. The monoisotopic (exact) mass is 305 g/mol. The molecule has 0 unspecified atom stereocenters. The van der Waals surface area contributed by atoms with E-state index in [4.69, 9.17) is 15.3 Å². The van der Waals surface area contributed by atoms with Crippen molar-refractivity contribution in [3.8, 4) is 0 Å². The summed E-state index contributed by atoms with van der Waals surface area (Å²) in [6.07, 6.45) is 0. The SMILES string of the molecule is O.O.O.O.O.O=[N+]([O-])[O-].[Eu]. The second-order valence-electron chi connectivity index (χ2n) is 0.224. The molecule has 0 bridgehead atoms. The maximum absolute atomic E-state index is 8.25. The molecule has 0 rings (SSSR count). The molecule has 0 atom stereocenters. The standard InChI is InChI=1S/Eu.NO3.5H2O/c;2-1(3)4;;;;;/h;;5*1H2/q;-1;;;;;. The van der Waals surface area contributed by atoms with Gasteiger partial charge in [0, 0.05) is 49.4 Å². The fourth-order valence-corrected chi connectivity index (χ4v) is 0. The summed E-state index contributed by atoms with van der Waals surface area (Å²) >= 11 is 0. The molecular weight excluding hydrogens is 294 g/mol. The van der Waals surface area contributed by atoms with Crippen LogP contribution in [0.1, 0.15) is 0 Å². The summed E-state index contributed by atoms with van der Waals surface area (Å²) in [5.41, 5.74) is 0. The van der Waals surface area contributed by atoms with Crippen LogP contribution in [0.25, 0.3) is 0 Å². The van der Waals surface area contributed by atoms with Crippen molar-refractivity contribution in [3.63, 3.8) is 0 Å². The molecular formula is H10EuNO8-. The molecule has 0 aliphatic rings. The minimum Gasteiger partial charge on any atom is -0.412 e. The molecule has 0 spiro atoms. The van der Waals surface area contributed by atoms with Crippen LogP contribution >= 0.6 is 0 Å². The molecule has 0 saturated heterocycles. The maximum atomic E-state index is 8.25.